The van der Waals surface area contributed by atoms with Crippen LogP contribution in [0.1, 0.15) is 44.8 Å². The number of aromatic amines is 1. The van der Waals surface area contributed by atoms with E-state index < -0.39 is 11.6 Å². The number of aryl methyl sites for hydroxylation is 1. The van der Waals surface area contributed by atoms with Gasteiger partial charge in [-0.25, -0.2) is 18.7 Å². The zero-order valence-corrected chi connectivity index (χ0v) is 18.1. The molecule has 8 nitrogen and oxygen atoms in total. The largest absolute Gasteiger partial charge is 0.342 e. The van der Waals surface area contributed by atoms with Gasteiger partial charge in [0.15, 0.2) is 17.5 Å². The summed E-state index contributed by atoms with van der Waals surface area (Å²) in [6.07, 6.45) is 4.07. The van der Waals surface area contributed by atoms with Crippen molar-refractivity contribution >= 4 is 5.82 Å². The van der Waals surface area contributed by atoms with Crippen LogP contribution in [-0.4, -0.2) is 41.0 Å². The number of nitrogens with one attached hydrogen (secondary N) is 1. The van der Waals surface area contributed by atoms with Gasteiger partial charge in [0.1, 0.15) is 23.6 Å². The zero-order chi connectivity index (χ0) is 22.6. The molecule has 3 aromatic heterocycles. The van der Waals surface area contributed by atoms with Crippen LogP contribution >= 0.6 is 0 Å². The van der Waals surface area contributed by atoms with Gasteiger partial charge in [0.2, 0.25) is 0 Å². The number of aromatic nitrogens is 7. The first-order valence-corrected chi connectivity index (χ1v) is 10.5. The average Bonchev–Trinajstić information content (AvgIpc) is 3.41. The van der Waals surface area contributed by atoms with E-state index in [1.165, 1.54) is 12.1 Å². The van der Waals surface area contributed by atoms with Crippen molar-refractivity contribution in [2.75, 3.05) is 4.90 Å². The van der Waals surface area contributed by atoms with Gasteiger partial charge in [-0.1, -0.05) is 6.92 Å². The molecular formula is C22H22F2N8. The molecular weight excluding hydrogens is 414 g/mol. The molecule has 1 aromatic carbocycles. The van der Waals surface area contributed by atoms with Gasteiger partial charge < -0.3 is 4.90 Å². The number of fused-ring (bicyclic) bond motifs is 3. The smallest absolute Gasteiger partial charge is 0.165 e. The van der Waals surface area contributed by atoms with Crippen LogP contribution in [0.4, 0.5) is 14.6 Å². The van der Waals surface area contributed by atoms with E-state index in [0.29, 0.717) is 17.1 Å². The van der Waals surface area contributed by atoms with E-state index >= 15 is 0 Å². The summed E-state index contributed by atoms with van der Waals surface area (Å²) < 4.78 is 29.9. The maximum absolute atomic E-state index is 14.5. The second-order valence-electron chi connectivity index (χ2n) is 8.07. The van der Waals surface area contributed by atoms with Crippen LogP contribution in [0, 0.1) is 18.6 Å². The summed E-state index contributed by atoms with van der Waals surface area (Å²) in [5, 5.41) is 15.4. The lowest BCUT2D eigenvalue weighted by Gasteiger charge is -2.40. The Balaban J connectivity index is 1.72. The van der Waals surface area contributed by atoms with Crippen molar-refractivity contribution in [2.45, 2.75) is 46.2 Å². The van der Waals surface area contributed by atoms with Crippen molar-refractivity contribution in [3.05, 3.63) is 53.9 Å². The van der Waals surface area contributed by atoms with Gasteiger partial charge in [0, 0.05) is 17.7 Å². The fourth-order valence-electron chi connectivity index (χ4n) is 4.39. The number of halogens is 2. The lowest BCUT2D eigenvalue weighted by Crippen LogP contribution is -2.40. The highest BCUT2D eigenvalue weighted by molar-refractivity contribution is 5.79. The molecule has 0 aliphatic carbocycles. The first-order chi connectivity index (χ1) is 15.4. The highest BCUT2D eigenvalue weighted by Gasteiger charge is 2.36. The molecule has 5 rings (SSSR count). The van der Waals surface area contributed by atoms with E-state index in [9.17, 15) is 8.78 Å². The third-order valence-electron chi connectivity index (χ3n) is 5.76. The molecule has 0 saturated heterocycles. The van der Waals surface area contributed by atoms with Crippen molar-refractivity contribution in [3.8, 4) is 28.3 Å². The zero-order valence-electron chi connectivity index (χ0n) is 18.1. The van der Waals surface area contributed by atoms with Gasteiger partial charge in [-0.2, -0.15) is 5.10 Å². The quantitative estimate of drug-likeness (QED) is 0.511. The van der Waals surface area contributed by atoms with Crippen LogP contribution in [0.15, 0.2) is 30.7 Å². The Hall–Kier alpha value is -3.69. The minimum Gasteiger partial charge on any atom is -0.342 e. The highest BCUT2D eigenvalue weighted by Crippen LogP contribution is 2.42. The third-order valence-corrected chi connectivity index (χ3v) is 5.76. The minimum absolute atomic E-state index is 0.00510. The van der Waals surface area contributed by atoms with E-state index in [0.717, 1.165) is 35.5 Å². The molecule has 1 aliphatic rings. The maximum atomic E-state index is 14.5. The summed E-state index contributed by atoms with van der Waals surface area (Å²) in [6, 6.07) is 3.58. The molecule has 1 atom stereocenters. The minimum atomic E-state index is -0.686. The summed E-state index contributed by atoms with van der Waals surface area (Å²) in [7, 11) is 0. The van der Waals surface area contributed by atoms with Crippen LogP contribution in [-0.2, 0) is 0 Å². The lowest BCUT2D eigenvalue weighted by atomic mass is 10.0. The van der Waals surface area contributed by atoms with Crippen molar-refractivity contribution < 1.29 is 8.78 Å². The molecule has 10 heteroatoms. The van der Waals surface area contributed by atoms with E-state index in [1.54, 1.807) is 12.5 Å². The molecule has 0 radical (unpaired) electrons. The van der Waals surface area contributed by atoms with Crippen molar-refractivity contribution in [2.24, 2.45) is 0 Å². The van der Waals surface area contributed by atoms with Gasteiger partial charge in [0.25, 0.3) is 0 Å². The molecule has 32 heavy (non-hydrogen) atoms. The van der Waals surface area contributed by atoms with Gasteiger partial charge in [-0.15, -0.1) is 10.2 Å². The molecule has 1 aliphatic heterocycles. The molecule has 0 unspecified atom stereocenters. The summed E-state index contributed by atoms with van der Waals surface area (Å²) >= 11 is 0. The van der Waals surface area contributed by atoms with Crippen LogP contribution in [0.5, 0.6) is 0 Å². The Labute approximate surface area is 183 Å². The predicted molar refractivity (Wildman–Crippen MR) is 115 cm³/mol. The fourth-order valence-corrected chi connectivity index (χ4v) is 4.39. The second-order valence-corrected chi connectivity index (χ2v) is 8.07. The number of hydrogen-bond donors (Lipinski definition) is 1. The molecule has 164 valence electrons. The van der Waals surface area contributed by atoms with E-state index in [2.05, 4.69) is 46.1 Å². The number of hydrogen-bond acceptors (Lipinski definition) is 6. The number of anilines is 1. The van der Waals surface area contributed by atoms with Crippen molar-refractivity contribution in [3.63, 3.8) is 0 Å². The molecule has 0 fully saturated rings. The van der Waals surface area contributed by atoms with Crippen molar-refractivity contribution in [1.82, 2.24) is 34.9 Å². The predicted octanol–water partition coefficient (Wildman–Crippen LogP) is 4.38. The molecule has 4 heterocycles. The van der Waals surface area contributed by atoms with E-state index in [1.807, 2.05) is 11.5 Å². The van der Waals surface area contributed by atoms with Gasteiger partial charge in [-0.3, -0.25) is 9.67 Å². The Bertz CT molecular complexity index is 1310. The van der Waals surface area contributed by atoms with E-state index in [4.69, 9.17) is 9.97 Å². The molecule has 0 spiro atoms. The van der Waals surface area contributed by atoms with Crippen LogP contribution < -0.4 is 4.90 Å². The Morgan fingerprint density at radius 3 is 2.69 bits per heavy atom. The Morgan fingerprint density at radius 2 is 1.97 bits per heavy atom. The molecule has 1 N–H and O–H groups in total. The summed E-state index contributed by atoms with van der Waals surface area (Å²) in [6.45, 7) is 8.21. The molecule has 0 saturated carbocycles. The fraction of sp³-hybridized carbons (Fsp3) is 0.318. The van der Waals surface area contributed by atoms with Gasteiger partial charge >= 0.3 is 0 Å². The monoisotopic (exact) mass is 436 g/mol. The lowest BCUT2D eigenvalue weighted by molar-refractivity contribution is 0.497. The third kappa shape index (κ3) is 2.97. The standard InChI is InChI=1S/C22H22F2N8/c1-5-17-21-30-26-10-31(21)19-12(4)27-20(28-22(19)32(17)11(2)3)15-9-25-29-18(15)14-7-6-13(23)8-16(14)24/h6-11,17H,5H2,1-4H3,(H,25,29)/t17-/m1/s1. The molecule has 4 aromatic rings. The second kappa shape index (κ2) is 7.47. The topological polar surface area (TPSA) is 88.4 Å². The highest BCUT2D eigenvalue weighted by atomic mass is 19.1. The van der Waals surface area contributed by atoms with Crippen LogP contribution in [0.25, 0.3) is 28.3 Å². The van der Waals surface area contributed by atoms with Crippen molar-refractivity contribution in [1.29, 1.82) is 0 Å². The van der Waals surface area contributed by atoms with Gasteiger partial charge in [0.05, 0.1) is 29.2 Å². The summed E-state index contributed by atoms with van der Waals surface area (Å²) in [4.78, 5) is 11.8. The Morgan fingerprint density at radius 1 is 1.16 bits per heavy atom. The number of H-pyrrole nitrogens is 1. The van der Waals surface area contributed by atoms with Crippen LogP contribution in [0.3, 0.4) is 0 Å². The number of nitrogens with zero attached hydrogens (tertiary/aromatic N) is 7. The summed E-state index contributed by atoms with van der Waals surface area (Å²) in [5.74, 6) is 0.690. The van der Waals surface area contributed by atoms with E-state index in [-0.39, 0.29) is 17.6 Å². The maximum Gasteiger partial charge on any atom is 0.165 e. The molecule has 0 amide bonds. The number of benzene rings is 1. The SMILES string of the molecule is CC[C@@H]1c2nncn2-c2c(C)nc(-c3cn[nH]c3-c3ccc(F)cc3F)nc2N1C(C)C. The summed E-state index contributed by atoms with van der Waals surface area (Å²) in [5.41, 5.74) is 2.69. The first-order valence-electron chi connectivity index (χ1n) is 10.5. The molecule has 0 bridgehead atoms. The Kier molecular flexibility index (Phi) is 4.72. The number of rotatable bonds is 4. The first kappa shape index (κ1) is 20.2. The van der Waals surface area contributed by atoms with Gasteiger partial charge in [-0.05, 0) is 39.3 Å². The van der Waals surface area contributed by atoms with Crippen LogP contribution in [0.2, 0.25) is 0 Å². The average molecular weight is 436 g/mol. The normalized spacial score (nSPS) is 15.2.